The topological polar surface area (TPSA) is 73.8 Å². The van der Waals surface area contributed by atoms with Crippen LogP contribution in [0.4, 0.5) is 5.69 Å². The molecular formula is C10H9ClN4O2. The van der Waals surface area contributed by atoms with E-state index in [1.165, 1.54) is 12.4 Å². The Kier molecular flexibility index (Phi) is 3.06. The monoisotopic (exact) mass is 252 g/mol. The molecule has 0 bridgehead atoms. The second-order valence-electron chi connectivity index (χ2n) is 3.36. The summed E-state index contributed by atoms with van der Waals surface area (Å²) >= 11 is 5.75. The van der Waals surface area contributed by atoms with Crippen LogP contribution in [0.15, 0.2) is 24.5 Å². The Labute approximate surface area is 102 Å². The van der Waals surface area contributed by atoms with Crippen molar-refractivity contribution < 1.29 is 4.92 Å². The predicted molar refractivity (Wildman–Crippen MR) is 62.8 cm³/mol. The molecule has 0 saturated heterocycles. The molecule has 1 aromatic heterocycles. The number of rotatable bonds is 3. The van der Waals surface area contributed by atoms with Gasteiger partial charge >= 0.3 is 0 Å². The summed E-state index contributed by atoms with van der Waals surface area (Å²) in [5, 5.41) is 18.9. The largest absolute Gasteiger partial charge is 0.314 e. The lowest BCUT2D eigenvalue weighted by molar-refractivity contribution is -0.384. The quantitative estimate of drug-likeness (QED) is 0.621. The molecule has 0 spiro atoms. The van der Waals surface area contributed by atoms with Crippen molar-refractivity contribution in [2.24, 2.45) is 0 Å². The molecule has 0 aliphatic heterocycles. The van der Waals surface area contributed by atoms with E-state index in [1.807, 2.05) is 6.92 Å². The van der Waals surface area contributed by atoms with Crippen molar-refractivity contribution in [1.82, 2.24) is 14.8 Å². The van der Waals surface area contributed by atoms with Gasteiger partial charge in [0.2, 0.25) is 0 Å². The third-order valence-electron chi connectivity index (χ3n) is 2.35. The van der Waals surface area contributed by atoms with Crippen molar-refractivity contribution in [2.45, 2.75) is 13.5 Å². The summed E-state index contributed by atoms with van der Waals surface area (Å²) < 4.78 is 1.73. The minimum atomic E-state index is -0.476. The number of benzene rings is 1. The highest BCUT2D eigenvalue weighted by molar-refractivity contribution is 6.30. The van der Waals surface area contributed by atoms with Crippen LogP contribution in [0.5, 0.6) is 0 Å². The van der Waals surface area contributed by atoms with Gasteiger partial charge in [-0.25, -0.2) is 0 Å². The first kappa shape index (κ1) is 11.5. The summed E-state index contributed by atoms with van der Waals surface area (Å²) in [7, 11) is 0. The van der Waals surface area contributed by atoms with Crippen molar-refractivity contribution in [3.05, 3.63) is 39.7 Å². The van der Waals surface area contributed by atoms with E-state index in [-0.39, 0.29) is 5.69 Å². The van der Waals surface area contributed by atoms with Gasteiger partial charge in [-0.2, -0.15) is 0 Å². The molecule has 0 radical (unpaired) electrons. The van der Waals surface area contributed by atoms with E-state index in [0.29, 0.717) is 23.0 Å². The van der Waals surface area contributed by atoms with Crippen LogP contribution in [0.25, 0.3) is 11.4 Å². The van der Waals surface area contributed by atoms with Crippen LogP contribution in [-0.2, 0) is 6.54 Å². The minimum Gasteiger partial charge on any atom is -0.314 e. The van der Waals surface area contributed by atoms with Gasteiger partial charge in [-0.05, 0) is 19.1 Å². The molecule has 88 valence electrons. The molecule has 17 heavy (non-hydrogen) atoms. The molecule has 0 saturated carbocycles. The van der Waals surface area contributed by atoms with Crippen LogP contribution in [0.2, 0.25) is 5.02 Å². The summed E-state index contributed by atoms with van der Waals surface area (Å²) in [5.41, 5.74) is 0.346. The average Bonchev–Trinajstić information content (AvgIpc) is 2.76. The summed E-state index contributed by atoms with van der Waals surface area (Å²) in [6.07, 6.45) is 1.54. The van der Waals surface area contributed by atoms with Gasteiger partial charge in [0.05, 0.1) is 10.5 Å². The van der Waals surface area contributed by atoms with Crippen LogP contribution in [0.3, 0.4) is 0 Å². The normalized spacial score (nSPS) is 10.5. The van der Waals surface area contributed by atoms with Crippen molar-refractivity contribution >= 4 is 17.3 Å². The van der Waals surface area contributed by atoms with Gasteiger partial charge in [-0.15, -0.1) is 10.2 Å². The zero-order valence-electron chi connectivity index (χ0n) is 9.00. The van der Waals surface area contributed by atoms with Gasteiger partial charge in [-0.1, -0.05) is 11.6 Å². The zero-order valence-corrected chi connectivity index (χ0v) is 9.76. The lowest BCUT2D eigenvalue weighted by Gasteiger charge is -2.04. The van der Waals surface area contributed by atoms with Crippen LogP contribution < -0.4 is 0 Å². The Bertz CT molecular complexity index is 567. The van der Waals surface area contributed by atoms with Crippen LogP contribution in [-0.4, -0.2) is 19.7 Å². The number of nitro benzene ring substituents is 1. The van der Waals surface area contributed by atoms with Crippen LogP contribution in [0.1, 0.15) is 6.92 Å². The molecule has 0 N–H and O–H groups in total. The number of halogens is 1. The number of nitro groups is 1. The van der Waals surface area contributed by atoms with Crippen LogP contribution >= 0.6 is 11.6 Å². The number of aryl methyl sites for hydroxylation is 1. The third kappa shape index (κ3) is 2.12. The molecule has 0 unspecified atom stereocenters. The number of hydrogen-bond donors (Lipinski definition) is 0. The van der Waals surface area contributed by atoms with Gasteiger partial charge in [0, 0.05) is 17.6 Å². The molecule has 2 rings (SSSR count). The van der Waals surface area contributed by atoms with Gasteiger partial charge in [0.15, 0.2) is 5.82 Å². The molecular weight excluding hydrogens is 244 g/mol. The van der Waals surface area contributed by atoms with Crippen molar-refractivity contribution in [1.29, 1.82) is 0 Å². The van der Waals surface area contributed by atoms with Gasteiger partial charge in [0.1, 0.15) is 6.33 Å². The lowest BCUT2D eigenvalue weighted by Crippen LogP contribution is -1.99. The van der Waals surface area contributed by atoms with E-state index in [9.17, 15) is 10.1 Å². The zero-order chi connectivity index (χ0) is 12.4. The number of nitrogens with zero attached hydrogens (tertiary/aromatic N) is 4. The highest BCUT2D eigenvalue weighted by Crippen LogP contribution is 2.30. The van der Waals surface area contributed by atoms with Crippen molar-refractivity contribution in [3.8, 4) is 11.4 Å². The summed E-state index contributed by atoms with van der Waals surface area (Å²) in [6.45, 7) is 2.55. The fourth-order valence-electron chi connectivity index (χ4n) is 1.54. The first-order chi connectivity index (χ1) is 8.13. The molecule has 7 heteroatoms. The fraction of sp³-hybridized carbons (Fsp3) is 0.200. The fourth-order valence-corrected chi connectivity index (χ4v) is 1.71. The standard InChI is InChI=1S/C10H9ClN4O2/c1-2-14-6-12-13-10(14)8-4-3-7(11)5-9(8)15(16)17/h3-6H,2H2,1H3. The molecule has 6 nitrogen and oxygen atoms in total. The van der Waals surface area contributed by atoms with Crippen molar-refractivity contribution in [3.63, 3.8) is 0 Å². The SMILES string of the molecule is CCn1cnnc1-c1ccc(Cl)cc1[N+](=O)[O-]. The smallest absolute Gasteiger partial charge is 0.281 e. The Morgan fingerprint density at radius 2 is 2.29 bits per heavy atom. The van der Waals surface area contributed by atoms with E-state index >= 15 is 0 Å². The predicted octanol–water partition coefficient (Wildman–Crippen LogP) is 2.53. The summed E-state index contributed by atoms with van der Waals surface area (Å²) in [6, 6.07) is 4.49. The van der Waals surface area contributed by atoms with Crippen LogP contribution in [0, 0.1) is 10.1 Å². The van der Waals surface area contributed by atoms with E-state index in [4.69, 9.17) is 11.6 Å². The second-order valence-corrected chi connectivity index (χ2v) is 3.80. The second kappa shape index (κ2) is 4.50. The molecule has 2 aromatic rings. The number of hydrogen-bond acceptors (Lipinski definition) is 4. The first-order valence-corrected chi connectivity index (χ1v) is 5.33. The Hall–Kier alpha value is -1.95. The molecule has 1 heterocycles. The molecule has 0 aliphatic rings. The Balaban J connectivity index is 2.63. The minimum absolute atomic E-state index is 0.0693. The summed E-state index contributed by atoms with van der Waals surface area (Å²) in [4.78, 5) is 10.5. The lowest BCUT2D eigenvalue weighted by atomic mass is 10.1. The highest BCUT2D eigenvalue weighted by Gasteiger charge is 2.19. The maximum Gasteiger partial charge on any atom is 0.281 e. The van der Waals surface area contributed by atoms with E-state index < -0.39 is 4.92 Å². The Morgan fingerprint density at radius 1 is 1.53 bits per heavy atom. The maximum atomic E-state index is 11.0. The molecule has 0 aliphatic carbocycles. The molecule has 1 aromatic carbocycles. The first-order valence-electron chi connectivity index (χ1n) is 4.95. The molecule has 0 amide bonds. The van der Waals surface area contributed by atoms with E-state index in [2.05, 4.69) is 10.2 Å². The highest BCUT2D eigenvalue weighted by atomic mass is 35.5. The van der Waals surface area contributed by atoms with Crippen molar-refractivity contribution in [2.75, 3.05) is 0 Å². The molecule has 0 atom stereocenters. The molecule has 0 fully saturated rings. The van der Waals surface area contributed by atoms with E-state index in [1.54, 1.807) is 16.7 Å². The van der Waals surface area contributed by atoms with Gasteiger partial charge < -0.3 is 4.57 Å². The van der Waals surface area contributed by atoms with Gasteiger partial charge in [-0.3, -0.25) is 10.1 Å². The number of aromatic nitrogens is 3. The average molecular weight is 253 g/mol. The van der Waals surface area contributed by atoms with Gasteiger partial charge in [0.25, 0.3) is 5.69 Å². The Morgan fingerprint density at radius 3 is 2.94 bits per heavy atom. The van der Waals surface area contributed by atoms with E-state index in [0.717, 1.165) is 0 Å². The maximum absolute atomic E-state index is 11.0. The summed E-state index contributed by atoms with van der Waals surface area (Å²) in [5.74, 6) is 0.468. The third-order valence-corrected chi connectivity index (χ3v) is 2.59.